The number of carboxylic acid groups (broad SMARTS) is 2. The van der Waals surface area contributed by atoms with Gasteiger partial charge in [-0.05, 0) is 70.9 Å². The summed E-state index contributed by atoms with van der Waals surface area (Å²) >= 11 is 0. The highest BCUT2D eigenvalue weighted by molar-refractivity contribution is 6.02. The van der Waals surface area contributed by atoms with Crippen LogP contribution in [0.3, 0.4) is 0 Å². The van der Waals surface area contributed by atoms with E-state index in [9.17, 15) is 28.8 Å². The highest BCUT2D eigenvalue weighted by Crippen LogP contribution is 2.10. The van der Waals surface area contributed by atoms with Crippen molar-refractivity contribution in [1.29, 1.82) is 0 Å². The SMILES string of the molecule is C=C(C)C(=O)CCOC.C=C(C)C(=O)OCCOOCCCC(=O)O.C=C(C)C(=O)OCCOc1ccccc1.C=C(C)COOCCOC(=O)c1ccccc1C(=O)O.C=CC. The molecule has 0 spiro atoms. The molecule has 0 aliphatic heterocycles. The third-order valence-electron chi connectivity index (χ3n) is 6.30. The predicted molar refractivity (Wildman–Crippen MR) is 235 cm³/mol. The van der Waals surface area contributed by atoms with Crippen LogP contribution < -0.4 is 4.74 Å². The van der Waals surface area contributed by atoms with Gasteiger partial charge in [-0.3, -0.25) is 9.59 Å². The Labute approximate surface area is 370 Å². The van der Waals surface area contributed by atoms with Gasteiger partial charge in [0.2, 0.25) is 0 Å². The first-order valence-corrected chi connectivity index (χ1v) is 19.3. The summed E-state index contributed by atoms with van der Waals surface area (Å²) in [5.41, 5.74) is 2.03. The van der Waals surface area contributed by atoms with Crippen LogP contribution in [0, 0.1) is 0 Å². The van der Waals surface area contributed by atoms with Crippen molar-refractivity contribution < 1.29 is 82.2 Å². The average molecular weight is 889 g/mol. The molecule has 2 aromatic carbocycles. The minimum absolute atomic E-state index is 0.00264. The van der Waals surface area contributed by atoms with E-state index >= 15 is 0 Å². The third kappa shape index (κ3) is 39.6. The second kappa shape index (κ2) is 41.1. The largest absolute Gasteiger partial charge is 0.490 e. The number of esters is 3. The highest BCUT2D eigenvalue weighted by Gasteiger charge is 2.16. The van der Waals surface area contributed by atoms with E-state index in [1.807, 2.05) is 37.3 Å². The molecule has 0 radical (unpaired) electrons. The molecule has 0 saturated heterocycles. The van der Waals surface area contributed by atoms with E-state index in [2.05, 4.69) is 42.7 Å². The van der Waals surface area contributed by atoms with E-state index in [0.29, 0.717) is 42.8 Å². The molecule has 0 aliphatic rings. The Bertz CT molecular complexity index is 1700. The van der Waals surface area contributed by atoms with E-state index in [4.69, 9.17) is 43.7 Å². The second-order valence-corrected chi connectivity index (χ2v) is 12.5. The van der Waals surface area contributed by atoms with E-state index in [1.54, 1.807) is 46.9 Å². The average Bonchev–Trinajstić information content (AvgIpc) is 3.24. The maximum Gasteiger partial charge on any atom is 0.339 e. The smallest absolute Gasteiger partial charge is 0.339 e. The molecule has 2 aromatic rings. The number of para-hydroxylation sites is 1. The normalized spacial score (nSPS) is 9.43. The van der Waals surface area contributed by atoms with Gasteiger partial charge in [0.25, 0.3) is 0 Å². The first-order valence-electron chi connectivity index (χ1n) is 19.3. The van der Waals surface area contributed by atoms with Crippen molar-refractivity contribution in [1.82, 2.24) is 0 Å². The van der Waals surface area contributed by atoms with Crippen LogP contribution in [0.1, 0.15) is 74.6 Å². The molecule has 0 heterocycles. The van der Waals surface area contributed by atoms with Crippen molar-refractivity contribution in [3.8, 4) is 5.75 Å². The Kier molecular flexibility index (Phi) is 39.9. The van der Waals surface area contributed by atoms with E-state index in [-0.39, 0.29) is 75.5 Å². The van der Waals surface area contributed by atoms with Gasteiger partial charge < -0.3 is 33.9 Å². The molecule has 0 saturated carbocycles. The fraction of sp³-hybridized carbons (Fsp3) is 0.391. The van der Waals surface area contributed by atoms with Crippen molar-refractivity contribution in [2.45, 2.75) is 53.9 Å². The summed E-state index contributed by atoms with van der Waals surface area (Å²) in [6.45, 7) is 27.6. The van der Waals surface area contributed by atoms with Crippen LogP contribution in [0.4, 0.5) is 0 Å². The van der Waals surface area contributed by atoms with Gasteiger partial charge in [0.05, 0.1) is 24.3 Å². The van der Waals surface area contributed by atoms with Crippen LogP contribution in [-0.4, -0.2) is 112 Å². The molecular weight excluding hydrogens is 824 g/mol. The lowest BCUT2D eigenvalue weighted by atomic mass is 10.1. The minimum atomic E-state index is -1.18. The number of Topliss-reactive ketones (excluding diaryl/α,β-unsaturated/α-hetero) is 1. The minimum Gasteiger partial charge on any atom is -0.490 e. The summed E-state index contributed by atoms with van der Waals surface area (Å²) in [7, 11) is 1.58. The number of carbonyl (C=O) groups excluding carboxylic acids is 4. The summed E-state index contributed by atoms with van der Waals surface area (Å²) in [6, 6.07) is 15.2. The Hall–Kier alpha value is -6.24. The lowest BCUT2D eigenvalue weighted by Gasteiger charge is -2.07. The van der Waals surface area contributed by atoms with Crippen LogP contribution in [0.5, 0.6) is 5.75 Å². The van der Waals surface area contributed by atoms with Crippen molar-refractivity contribution in [2.24, 2.45) is 0 Å². The Morgan fingerprint density at radius 1 is 0.587 bits per heavy atom. The number of ether oxygens (including phenoxy) is 5. The number of carboxylic acids is 2. The van der Waals surface area contributed by atoms with E-state index < -0.39 is 23.9 Å². The molecule has 0 aliphatic carbocycles. The summed E-state index contributed by atoms with van der Waals surface area (Å²) in [4.78, 5) is 84.1. The molecule has 0 fully saturated rings. The maximum absolute atomic E-state index is 11.7. The van der Waals surface area contributed by atoms with Crippen molar-refractivity contribution in [3.63, 3.8) is 0 Å². The maximum atomic E-state index is 11.7. The fourth-order valence-corrected chi connectivity index (χ4v) is 3.33. The number of rotatable bonds is 26. The Balaban J connectivity index is -0.000000767. The lowest BCUT2D eigenvalue weighted by molar-refractivity contribution is -0.298. The van der Waals surface area contributed by atoms with Gasteiger partial charge >= 0.3 is 29.8 Å². The van der Waals surface area contributed by atoms with E-state index in [0.717, 1.165) is 11.3 Å². The topological polar surface area (TPSA) is 226 Å². The molecule has 17 nitrogen and oxygen atoms in total. The molecule has 0 atom stereocenters. The highest BCUT2D eigenvalue weighted by atomic mass is 17.2. The van der Waals surface area contributed by atoms with Gasteiger partial charge in [-0.2, -0.15) is 0 Å². The fourth-order valence-electron chi connectivity index (χ4n) is 3.33. The number of aromatic carboxylic acids is 1. The van der Waals surface area contributed by atoms with Crippen molar-refractivity contribution >= 4 is 35.6 Å². The van der Waals surface area contributed by atoms with Crippen LogP contribution >= 0.6 is 0 Å². The van der Waals surface area contributed by atoms with Crippen LogP contribution in [-0.2, 0) is 57.7 Å². The van der Waals surface area contributed by atoms with Gasteiger partial charge in [-0.25, -0.2) is 38.7 Å². The summed E-state index contributed by atoms with van der Waals surface area (Å²) < 4.78 is 24.5. The Morgan fingerprint density at radius 2 is 1.06 bits per heavy atom. The van der Waals surface area contributed by atoms with Crippen LogP contribution in [0.15, 0.2) is 116 Å². The molecule has 0 unspecified atom stereocenters. The zero-order chi connectivity index (χ0) is 48.4. The molecule has 350 valence electrons. The molecule has 0 bridgehead atoms. The molecule has 0 amide bonds. The first-order chi connectivity index (χ1) is 29.8. The number of ketones is 1. The summed E-state index contributed by atoms with van der Waals surface area (Å²) in [5, 5.41) is 17.3. The number of hydrogen-bond donors (Lipinski definition) is 2. The predicted octanol–water partition coefficient (Wildman–Crippen LogP) is 7.53. The number of benzene rings is 2. The van der Waals surface area contributed by atoms with E-state index in [1.165, 1.54) is 18.2 Å². The van der Waals surface area contributed by atoms with Gasteiger partial charge in [-0.1, -0.05) is 68.3 Å². The monoisotopic (exact) mass is 888 g/mol. The standard InChI is InChI=1S/C14H16O6.C12H14O3.C10H16O6.C7H12O2.C3H6/c1-10(2)9-20-19-8-7-18-14(17)12-6-4-3-5-11(12)13(15)16;1-10(2)12(13)15-9-8-14-11-6-4-3-5-7-11;1-8(2)10(13)14-6-7-16-15-5-3-4-9(11)12;1-6(2)7(8)4-5-9-3;1-3-2/h3-6H,1,7-9H2,2H3,(H,15,16);3-7H,1,8-9H2,2H3;1,3-7H2,2H3,(H,11,12);1,4-5H2,2-3H3;3H,1H2,2H3. The molecule has 2 N–H and O–H groups in total. The second-order valence-electron chi connectivity index (χ2n) is 12.5. The van der Waals surface area contributed by atoms with Gasteiger partial charge in [-0.15, -0.1) is 6.58 Å². The van der Waals surface area contributed by atoms with Gasteiger partial charge in [0.15, 0.2) is 5.78 Å². The molecule has 17 heteroatoms. The van der Waals surface area contributed by atoms with Gasteiger partial charge in [0, 0.05) is 31.1 Å². The number of hydrogen-bond acceptors (Lipinski definition) is 15. The summed E-state index contributed by atoms with van der Waals surface area (Å²) in [6.07, 6.45) is 2.61. The molecule has 2 rings (SSSR count). The summed E-state index contributed by atoms with van der Waals surface area (Å²) in [5.74, 6) is -2.79. The van der Waals surface area contributed by atoms with Gasteiger partial charge in [0.1, 0.15) is 52.0 Å². The number of aliphatic carboxylic acids is 1. The number of methoxy groups -OCH3 is 1. The molecule has 63 heavy (non-hydrogen) atoms. The molecular formula is C46H64O17. The first kappa shape index (κ1) is 61.1. The zero-order valence-corrected chi connectivity index (χ0v) is 37.3. The van der Waals surface area contributed by atoms with Crippen LogP contribution in [0.25, 0.3) is 0 Å². The van der Waals surface area contributed by atoms with Crippen molar-refractivity contribution in [2.75, 3.05) is 66.6 Å². The third-order valence-corrected chi connectivity index (χ3v) is 6.30. The number of carbonyl (C=O) groups is 6. The molecule has 0 aromatic heterocycles. The number of allylic oxidation sites excluding steroid dienone is 2. The van der Waals surface area contributed by atoms with Crippen molar-refractivity contribution in [3.05, 3.63) is 127 Å². The quantitative estimate of drug-likeness (QED) is 0.0177. The lowest BCUT2D eigenvalue weighted by Crippen LogP contribution is -2.14. The zero-order valence-electron chi connectivity index (χ0n) is 37.3. The van der Waals surface area contributed by atoms with Crippen LogP contribution in [0.2, 0.25) is 0 Å². The Morgan fingerprint density at radius 3 is 1.54 bits per heavy atom.